The van der Waals surface area contributed by atoms with Crippen molar-refractivity contribution in [2.45, 2.75) is 0 Å². The van der Waals surface area contributed by atoms with Crippen LogP contribution in [0.2, 0.25) is 0 Å². The van der Waals surface area contributed by atoms with E-state index in [2.05, 4.69) is 0 Å². The van der Waals surface area contributed by atoms with Gasteiger partial charge in [0.05, 0.1) is 6.61 Å². The lowest BCUT2D eigenvalue weighted by atomic mass is 9.80. The van der Waals surface area contributed by atoms with Crippen LogP contribution < -0.4 is 10.2 Å². The van der Waals surface area contributed by atoms with Gasteiger partial charge in [-0.1, -0.05) is 0 Å². The van der Waals surface area contributed by atoms with Gasteiger partial charge in [0.1, 0.15) is 18.2 Å². The molecule has 0 bridgehead atoms. The molecular formula is C8H10BFO4. The van der Waals surface area contributed by atoms with Gasteiger partial charge in [-0.05, 0) is 17.6 Å². The molecule has 0 atom stereocenters. The predicted octanol–water partition coefficient (Wildman–Crippen LogP) is -1.12. The largest absolute Gasteiger partial charge is 0.491 e. The molecule has 1 aromatic carbocycles. The van der Waals surface area contributed by atoms with Crippen molar-refractivity contribution >= 4 is 12.6 Å². The molecule has 1 rings (SSSR count). The zero-order valence-electron chi connectivity index (χ0n) is 7.35. The minimum Gasteiger partial charge on any atom is -0.491 e. The van der Waals surface area contributed by atoms with Crippen LogP contribution in [0, 0.1) is 5.82 Å². The van der Waals surface area contributed by atoms with E-state index in [1.807, 2.05) is 0 Å². The van der Waals surface area contributed by atoms with Crippen LogP contribution in [-0.4, -0.2) is 35.5 Å². The highest BCUT2D eigenvalue weighted by Gasteiger charge is 2.13. The standard InChI is InChI=1S/C8H10BFO4/c10-7-3-6(9(12)13)4-8(5-7)14-2-1-11/h3-5,11-13H,1-2H2. The monoisotopic (exact) mass is 200 g/mol. The molecule has 6 heteroatoms. The second-order valence-corrected chi connectivity index (χ2v) is 2.67. The number of aliphatic hydroxyl groups is 1. The topological polar surface area (TPSA) is 69.9 Å². The summed E-state index contributed by atoms with van der Waals surface area (Å²) in [6.07, 6.45) is 0. The Morgan fingerprint density at radius 3 is 2.57 bits per heavy atom. The zero-order chi connectivity index (χ0) is 10.6. The molecule has 76 valence electrons. The van der Waals surface area contributed by atoms with E-state index >= 15 is 0 Å². The fraction of sp³-hybridized carbons (Fsp3) is 0.250. The summed E-state index contributed by atoms with van der Waals surface area (Å²) < 4.78 is 17.8. The molecule has 3 N–H and O–H groups in total. The van der Waals surface area contributed by atoms with Crippen LogP contribution in [0.25, 0.3) is 0 Å². The van der Waals surface area contributed by atoms with E-state index in [-0.39, 0.29) is 24.4 Å². The van der Waals surface area contributed by atoms with E-state index in [0.717, 1.165) is 12.1 Å². The van der Waals surface area contributed by atoms with Gasteiger partial charge in [0.2, 0.25) is 0 Å². The molecule has 0 aromatic heterocycles. The number of hydrogen-bond donors (Lipinski definition) is 3. The summed E-state index contributed by atoms with van der Waals surface area (Å²) in [6.45, 7) is -0.155. The first-order chi connectivity index (χ1) is 6.63. The molecule has 0 spiro atoms. The molecule has 0 fully saturated rings. The van der Waals surface area contributed by atoms with Gasteiger partial charge >= 0.3 is 7.12 Å². The lowest BCUT2D eigenvalue weighted by molar-refractivity contribution is 0.201. The Morgan fingerprint density at radius 2 is 2.00 bits per heavy atom. The fourth-order valence-corrected chi connectivity index (χ4v) is 0.980. The second-order valence-electron chi connectivity index (χ2n) is 2.67. The molecule has 0 aliphatic heterocycles. The van der Waals surface area contributed by atoms with Crippen LogP contribution in [0.5, 0.6) is 5.75 Å². The van der Waals surface area contributed by atoms with Gasteiger partial charge in [-0.2, -0.15) is 0 Å². The van der Waals surface area contributed by atoms with Crippen molar-refractivity contribution in [3.05, 3.63) is 24.0 Å². The molecule has 0 amide bonds. The number of aliphatic hydroxyl groups excluding tert-OH is 1. The van der Waals surface area contributed by atoms with Gasteiger partial charge in [0.25, 0.3) is 0 Å². The van der Waals surface area contributed by atoms with Crippen LogP contribution >= 0.6 is 0 Å². The molecule has 0 aliphatic rings. The normalized spacial score (nSPS) is 10.0. The second kappa shape index (κ2) is 4.95. The van der Waals surface area contributed by atoms with Gasteiger partial charge in [0, 0.05) is 6.07 Å². The Labute approximate surface area is 80.7 Å². The lowest BCUT2D eigenvalue weighted by Gasteiger charge is -2.06. The third-order valence-corrected chi connectivity index (χ3v) is 1.55. The van der Waals surface area contributed by atoms with E-state index in [0.29, 0.717) is 0 Å². The van der Waals surface area contributed by atoms with Crippen molar-refractivity contribution in [1.29, 1.82) is 0 Å². The minimum absolute atomic E-state index is 0.0120. The minimum atomic E-state index is -1.73. The first-order valence-corrected chi connectivity index (χ1v) is 4.04. The van der Waals surface area contributed by atoms with Crippen LogP contribution in [0.4, 0.5) is 4.39 Å². The first kappa shape index (κ1) is 11.0. The van der Waals surface area contributed by atoms with Gasteiger partial charge in [0.15, 0.2) is 0 Å². The van der Waals surface area contributed by atoms with E-state index in [9.17, 15) is 4.39 Å². The number of halogens is 1. The number of ether oxygens (including phenoxy) is 1. The van der Waals surface area contributed by atoms with E-state index in [1.54, 1.807) is 0 Å². The van der Waals surface area contributed by atoms with E-state index in [1.165, 1.54) is 6.07 Å². The fourth-order valence-electron chi connectivity index (χ4n) is 0.980. The Kier molecular flexibility index (Phi) is 3.88. The third-order valence-electron chi connectivity index (χ3n) is 1.55. The predicted molar refractivity (Wildman–Crippen MR) is 48.8 cm³/mol. The molecular weight excluding hydrogens is 190 g/mol. The summed E-state index contributed by atoms with van der Waals surface area (Å²) in [5.41, 5.74) is 0.0120. The maximum Gasteiger partial charge on any atom is 0.488 e. The van der Waals surface area contributed by atoms with E-state index in [4.69, 9.17) is 19.9 Å². The maximum absolute atomic E-state index is 12.9. The summed E-state index contributed by atoms with van der Waals surface area (Å²) in [7, 11) is -1.73. The summed E-state index contributed by atoms with van der Waals surface area (Å²) >= 11 is 0. The molecule has 1 aromatic rings. The Bertz CT molecular complexity index is 305. The zero-order valence-corrected chi connectivity index (χ0v) is 7.35. The average Bonchev–Trinajstić information content (AvgIpc) is 2.14. The summed E-state index contributed by atoms with van der Waals surface area (Å²) in [5.74, 6) is -0.467. The summed E-state index contributed by atoms with van der Waals surface area (Å²) in [6, 6.07) is 3.39. The van der Waals surface area contributed by atoms with Crippen molar-refractivity contribution in [2.75, 3.05) is 13.2 Å². The highest BCUT2D eigenvalue weighted by Crippen LogP contribution is 2.10. The van der Waals surface area contributed by atoms with Crippen molar-refractivity contribution in [3.63, 3.8) is 0 Å². The highest BCUT2D eigenvalue weighted by molar-refractivity contribution is 6.58. The molecule has 0 saturated carbocycles. The molecule has 0 unspecified atom stereocenters. The number of hydrogen-bond acceptors (Lipinski definition) is 4. The molecule has 0 radical (unpaired) electrons. The first-order valence-electron chi connectivity index (χ1n) is 4.04. The third kappa shape index (κ3) is 2.99. The Morgan fingerprint density at radius 1 is 1.29 bits per heavy atom. The molecule has 14 heavy (non-hydrogen) atoms. The van der Waals surface area contributed by atoms with Gasteiger partial charge in [-0.25, -0.2) is 4.39 Å². The van der Waals surface area contributed by atoms with Crippen molar-refractivity contribution < 1.29 is 24.3 Å². The van der Waals surface area contributed by atoms with Crippen LogP contribution in [-0.2, 0) is 0 Å². The smallest absolute Gasteiger partial charge is 0.488 e. The van der Waals surface area contributed by atoms with Crippen LogP contribution in [0.15, 0.2) is 18.2 Å². The van der Waals surface area contributed by atoms with Crippen LogP contribution in [0.1, 0.15) is 0 Å². The SMILES string of the molecule is OCCOc1cc(F)cc(B(O)O)c1. The Balaban J connectivity index is 2.84. The Hall–Kier alpha value is -1.11. The van der Waals surface area contributed by atoms with Crippen molar-refractivity contribution in [3.8, 4) is 5.75 Å². The van der Waals surface area contributed by atoms with Crippen molar-refractivity contribution in [1.82, 2.24) is 0 Å². The molecule has 0 aliphatic carbocycles. The number of rotatable bonds is 4. The molecule has 0 heterocycles. The van der Waals surface area contributed by atoms with Crippen LogP contribution in [0.3, 0.4) is 0 Å². The van der Waals surface area contributed by atoms with Crippen molar-refractivity contribution in [2.24, 2.45) is 0 Å². The number of benzene rings is 1. The molecule has 4 nitrogen and oxygen atoms in total. The quantitative estimate of drug-likeness (QED) is 0.538. The van der Waals surface area contributed by atoms with Gasteiger partial charge in [-0.15, -0.1) is 0 Å². The average molecular weight is 200 g/mol. The molecule has 0 saturated heterocycles. The summed E-state index contributed by atoms with van der Waals surface area (Å²) in [5, 5.41) is 26.0. The van der Waals surface area contributed by atoms with Gasteiger partial charge < -0.3 is 19.9 Å². The lowest BCUT2D eigenvalue weighted by Crippen LogP contribution is -2.30. The maximum atomic E-state index is 12.9. The summed E-state index contributed by atoms with van der Waals surface area (Å²) in [4.78, 5) is 0. The van der Waals surface area contributed by atoms with Gasteiger partial charge in [-0.3, -0.25) is 0 Å². The highest BCUT2D eigenvalue weighted by atomic mass is 19.1. The van der Waals surface area contributed by atoms with E-state index < -0.39 is 12.9 Å².